The highest BCUT2D eigenvalue weighted by Gasteiger charge is 2.00. The molecule has 0 aliphatic rings. The number of hydrogen-bond acceptors (Lipinski definition) is 3. The van der Waals surface area contributed by atoms with Crippen LogP contribution >= 0.6 is 0 Å². The Hall–Kier alpha value is -1.52. The second-order valence-electron chi connectivity index (χ2n) is 2.39. The van der Waals surface area contributed by atoms with Gasteiger partial charge < -0.3 is 15.2 Å². The number of amides is 1. The Kier molecular flexibility index (Phi) is 2.68. The predicted molar refractivity (Wildman–Crippen MR) is 45.8 cm³/mol. The average Bonchev–Trinajstić information content (AvgIpc) is 2.47. The van der Waals surface area contributed by atoms with Crippen molar-refractivity contribution >= 4 is 11.9 Å². The van der Waals surface area contributed by atoms with Crippen molar-refractivity contribution in [2.24, 2.45) is 7.05 Å². The molecule has 0 bridgehead atoms. The lowest BCUT2D eigenvalue weighted by Gasteiger charge is -2.03. The van der Waals surface area contributed by atoms with Crippen molar-refractivity contribution in [2.75, 3.05) is 18.9 Å². The van der Waals surface area contributed by atoms with Gasteiger partial charge in [-0.2, -0.15) is 0 Å². The molecule has 0 aliphatic heterocycles. The molecule has 0 unspecified atom stereocenters. The molecule has 0 saturated carbocycles. The van der Waals surface area contributed by atoms with Crippen LogP contribution in [0.5, 0.6) is 0 Å². The lowest BCUT2D eigenvalue weighted by molar-refractivity contribution is -0.118. The topological polar surface area (TPSA) is 59.0 Å². The molecule has 1 aromatic rings. The fourth-order valence-corrected chi connectivity index (χ4v) is 0.784. The van der Waals surface area contributed by atoms with E-state index in [9.17, 15) is 4.79 Å². The molecule has 0 aromatic carbocycles. The van der Waals surface area contributed by atoms with Crippen LogP contribution in [0.15, 0.2) is 12.4 Å². The summed E-state index contributed by atoms with van der Waals surface area (Å²) in [5, 5.41) is 5.39. The van der Waals surface area contributed by atoms with Crippen molar-refractivity contribution in [1.82, 2.24) is 14.9 Å². The Morgan fingerprint density at radius 2 is 2.50 bits per heavy atom. The highest BCUT2D eigenvalue weighted by atomic mass is 16.1. The third-order valence-electron chi connectivity index (χ3n) is 1.51. The zero-order valence-corrected chi connectivity index (χ0v) is 7.16. The molecule has 1 rings (SSSR count). The molecule has 66 valence electrons. The van der Waals surface area contributed by atoms with Gasteiger partial charge in [0.1, 0.15) is 0 Å². The monoisotopic (exact) mass is 168 g/mol. The van der Waals surface area contributed by atoms with Gasteiger partial charge in [0.2, 0.25) is 11.9 Å². The predicted octanol–water partition coefficient (Wildman–Crippen LogP) is -0.422. The summed E-state index contributed by atoms with van der Waals surface area (Å²) < 4.78 is 1.81. The smallest absolute Gasteiger partial charge is 0.239 e. The first-order chi connectivity index (χ1) is 5.74. The standard InChI is InChI=1S/C7H12N4O/c1-8-6(12)5-10-7-9-3-4-11(7)2/h3-4H,5H2,1-2H3,(H,8,12)(H,9,10). The van der Waals surface area contributed by atoms with Crippen molar-refractivity contribution in [3.05, 3.63) is 12.4 Å². The Morgan fingerprint density at radius 3 is 3.00 bits per heavy atom. The van der Waals surface area contributed by atoms with E-state index in [1.54, 1.807) is 13.2 Å². The highest BCUT2D eigenvalue weighted by molar-refractivity contribution is 5.79. The summed E-state index contributed by atoms with van der Waals surface area (Å²) >= 11 is 0. The van der Waals surface area contributed by atoms with Crippen LogP contribution in [0.4, 0.5) is 5.95 Å². The second kappa shape index (κ2) is 3.75. The van der Waals surface area contributed by atoms with Gasteiger partial charge in [-0.25, -0.2) is 4.98 Å². The van der Waals surface area contributed by atoms with Crippen LogP contribution in [0.2, 0.25) is 0 Å². The maximum atomic E-state index is 10.8. The summed E-state index contributed by atoms with van der Waals surface area (Å²) in [4.78, 5) is 14.8. The van der Waals surface area contributed by atoms with E-state index < -0.39 is 0 Å². The number of hydrogen-bond donors (Lipinski definition) is 2. The van der Waals surface area contributed by atoms with Gasteiger partial charge in [-0.05, 0) is 0 Å². The van der Waals surface area contributed by atoms with Gasteiger partial charge in [-0.3, -0.25) is 4.79 Å². The molecule has 1 aromatic heterocycles. The van der Waals surface area contributed by atoms with Crippen molar-refractivity contribution in [3.8, 4) is 0 Å². The van der Waals surface area contributed by atoms with Crippen molar-refractivity contribution in [3.63, 3.8) is 0 Å². The van der Waals surface area contributed by atoms with Gasteiger partial charge in [0, 0.05) is 26.5 Å². The summed E-state index contributed by atoms with van der Waals surface area (Å²) in [7, 11) is 3.46. The van der Waals surface area contributed by atoms with Gasteiger partial charge in [0.15, 0.2) is 0 Å². The lowest BCUT2D eigenvalue weighted by atomic mass is 10.6. The first-order valence-corrected chi connectivity index (χ1v) is 3.66. The minimum absolute atomic E-state index is 0.0574. The molecule has 0 atom stereocenters. The molecule has 0 radical (unpaired) electrons. The van der Waals surface area contributed by atoms with Crippen molar-refractivity contribution < 1.29 is 4.79 Å². The van der Waals surface area contributed by atoms with Crippen LogP contribution < -0.4 is 10.6 Å². The van der Waals surface area contributed by atoms with Crippen molar-refractivity contribution in [2.45, 2.75) is 0 Å². The van der Waals surface area contributed by atoms with Gasteiger partial charge in [-0.15, -0.1) is 0 Å². The summed E-state index contributed by atoms with van der Waals surface area (Å²) in [5.74, 6) is 0.636. The number of rotatable bonds is 3. The number of nitrogens with zero attached hydrogens (tertiary/aromatic N) is 2. The fraction of sp³-hybridized carbons (Fsp3) is 0.429. The van der Waals surface area contributed by atoms with Gasteiger partial charge >= 0.3 is 0 Å². The zero-order chi connectivity index (χ0) is 8.97. The molecule has 0 spiro atoms. The van der Waals surface area contributed by atoms with Gasteiger partial charge in [0.05, 0.1) is 6.54 Å². The molecule has 1 amide bonds. The number of carbonyl (C=O) groups excluding carboxylic acids is 1. The van der Waals surface area contributed by atoms with Crippen LogP contribution in [0, 0.1) is 0 Å². The van der Waals surface area contributed by atoms with E-state index in [0.29, 0.717) is 5.95 Å². The van der Waals surface area contributed by atoms with Gasteiger partial charge in [-0.1, -0.05) is 0 Å². The van der Waals surface area contributed by atoms with E-state index in [1.807, 2.05) is 17.8 Å². The number of aromatic nitrogens is 2. The van der Waals surface area contributed by atoms with E-state index in [-0.39, 0.29) is 12.5 Å². The van der Waals surface area contributed by atoms with E-state index in [2.05, 4.69) is 15.6 Å². The first kappa shape index (κ1) is 8.58. The third kappa shape index (κ3) is 1.98. The SMILES string of the molecule is CNC(=O)CNc1nccn1C. The lowest BCUT2D eigenvalue weighted by Crippen LogP contribution is -2.26. The Labute approximate surface area is 70.8 Å². The van der Waals surface area contributed by atoms with E-state index >= 15 is 0 Å². The Bertz CT molecular complexity index is 268. The molecule has 2 N–H and O–H groups in total. The fourth-order valence-electron chi connectivity index (χ4n) is 0.784. The summed E-state index contributed by atoms with van der Waals surface area (Å²) in [5.41, 5.74) is 0. The molecule has 5 nitrogen and oxygen atoms in total. The molecular formula is C7H12N4O. The molecule has 1 heterocycles. The second-order valence-corrected chi connectivity index (χ2v) is 2.39. The quantitative estimate of drug-likeness (QED) is 0.644. The summed E-state index contributed by atoms with van der Waals surface area (Å²) in [6.07, 6.45) is 3.48. The maximum Gasteiger partial charge on any atom is 0.239 e. The van der Waals surface area contributed by atoms with Crippen LogP contribution in [0.1, 0.15) is 0 Å². The molecule has 0 saturated heterocycles. The molecule has 0 fully saturated rings. The number of anilines is 1. The van der Waals surface area contributed by atoms with Gasteiger partial charge in [0.25, 0.3) is 0 Å². The minimum Gasteiger partial charge on any atom is -0.358 e. The minimum atomic E-state index is -0.0574. The van der Waals surface area contributed by atoms with Crippen LogP contribution in [-0.4, -0.2) is 29.1 Å². The number of nitrogens with one attached hydrogen (secondary N) is 2. The molecule has 5 heteroatoms. The number of imidazole rings is 1. The Balaban J connectivity index is 2.43. The highest BCUT2D eigenvalue weighted by Crippen LogP contribution is 1.98. The maximum absolute atomic E-state index is 10.8. The largest absolute Gasteiger partial charge is 0.358 e. The van der Waals surface area contributed by atoms with E-state index in [0.717, 1.165) is 0 Å². The van der Waals surface area contributed by atoms with Crippen LogP contribution in [0.3, 0.4) is 0 Å². The van der Waals surface area contributed by atoms with Crippen LogP contribution in [0.25, 0.3) is 0 Å². The van der Waals surface area contributed by atoms with Crippen molar-refractivity contribution in [1.29, 1.82) is 0 Å². The third-order valence-corrected chi connectivity index (χ3v) is 1.51. The number of likely N-dealkylation sites (N-methyl/N-ethyl adjacent to an activating group) is 1. The normalized spacial score (nSPS) is 9.50. The molecular weight excluding hydrogens is 156 g/mol. The van der Waals surface area contributed by atoms with E-state index in [4.69, 9.17) is 0 Å². The van der Waals surface area contributed by atoms with Crippen LogP contribution in [-0.2, 0) is 11.8 Å². The van der Waals surface area contributed by atoms with E-state index in [1.165, 1.54) is 0 Å². The average molecular weight is 168 g/mol. The Morgan fingerprint density at radius 1 is 1.75 bits per heavy atom. The summed E-state index contributed by atoms with van der Waals surface area (Å²) in [6.45, 7) is 0.251. The molecule has 0 aliphatic carbocycles. The number of carbonyl (C=O) groups is 1. The summed E-state index contributed by atoms with van der Waals surface area (Å²) in [6, 6.07) is 0. The number of aryl methyl sites for hydroxylation is 1. The zero-order valence-electron chi connectivity index (χ0n) is 7.16. The first-order valence-electron chi connectivity index (χ1n) is 3.66. The molecule has 12 heavy (non-hydrogen) atoms.